The number of nitrogens with zero attached hydrogens (tertiary/aromatic N) is 4. The SMILES string of the molecule is CCCC(C)(N)C(=O)N1CCN(c2ncc(Br)cn2)CC1. The first-order chi connectivity index (χ1) is 9.94. The van der Waals surface area contributed by atoms with Crippen molar-refractivity contribution in [1.29, 1.82) is 0 Å². The molecule has 0 aliphatic carbocycles. The van der Waals surface area contributed by atoms with Gasteiger partial charge in [-0.1, -0.05) is 13.3 Å². The monoisotopic (exact) mass is 355 g/mol. The standard InChI is InChI=1S/C14H22BrN5O/c1-3-4-14(2,16)12(21)19-5-7-20(8-6-19)13-17-9-11(15)10-18-13/h9-10H,3-8,16H2,1-2H3. The van der Waals surface area contributed by atoms with Crippen LogP contribution in [0.5, 0.6) is 0 Å². The van der Waals surface area contributed by atoms with Gasteiger partial charge in [0.2, 0.25) is 11.9 Å². The summed E-state index contributed by atoms with van der Waals surface area (Å²) in [4.78, 5) is 25.0. The van der Waals surface area contributed by atoms with Crippen LogP contribution in [-0.2, 0) is 4.79 Å². The highest BCUT2D eigenvalue weighted by Crippen LogP contribution is 2.17. The Morgan fingerprint density at radius 2 is 1.90 bits per heavy atom. The maximum atomic E-state index is 12.4. The van der Waals surface area contributed by atoms with Crippen LogP contribution in [0.2, 0.25) is 0 Å². The van der Waals surface area contributed by atoms with Gasteiger partial charge in [-0.25, -0.2) is 9.97 Å². The molecule has 0 aromatic carbocycles. The maximum Gasteiger partial charge on any atom is 0.242 e. The molecular formula is C14H22BrN5O. The molecule has 1 amide bonds. The van der Waals surface area contributed by atoms with Crippen LogP contribution in [0.1, 0.15) is 26.7 Å². The fraction of sp³-hybridized carbons (Fsp3) is 0.643. The highest BCUT2D eigenvalue weighted by molar-refractivity contribution is 9.10. The Balaban J connectivity index is 1.94. The summed E-state index contributed by atoms with van der Waals surface area (Å²) in [5, 5.41) is 0. The van der Waals surface area contributed by atoms with Crippen LogP contribution in [0.4, 0.5) is 5.95 Å². The molecule has 2 heterocycles. The van der Waals surface area contributed by atoms with E-state index in [0.717, 1.165) is 24.0 Å². The number of nitrogens with two attached hydrogens (primary N) is 1. The summed E-state index contributed by atoms with van der Waals surface area (Å²) in [5.74, 6) is 0.745. The third-order valence-corrected chi connectivity index (χ3v) is 4.12. The summed E-state index contributed by atoms with van der Waals surface area (Å²) in [6.07, 6.45) is 5.09. The topological polar surface area (TPSA) is 75.4 Å². The number of carbonyl (C=O) groups excluding carboxylic acids is 1. The maximum absolute atomic E-state index is 12.4. The molecule has 0 bridgehead atoms. The summed E-state index contributed by atoms with van der Waals surface area (Å²) >= 11 is 3.32. The zero-order chi connectivity index (χ0) is 15.5. The van der Waals surface area contributed by atoms with E-state index >= 15 is 0 Å². The largest absolute Gasteiger partial charge is 0.338 e. The van der Waals surface area contributed by atoms with E-state index in [2.05, 4.69) is 30.8 Å². The minimum absolute atomic E-state index is 0.0423. The number of piperazine rings is 1. The lowest BCUT2D eigenvalue weighted by atomic mass is 9.95. The molecule has 6 nitrogen and oxygen atoms in total. The van der Waals surface area contributed by atoms with Crippen LogP contribution in [0.15, 0.2) is 16.9 Å². The van der Waals surface area contributed by atoms with Crippen molar-refractivity contribution in [3.63, 3.8) is 0 Å². The third-order valence-electron chi connectivity index (χ3n) is 3.71. The molecule has 1 fully saturated rings. The second kappa shape index (κ2) is 6.70. The highest BCUT2D eigenvalue weighted by Gasteiger charge is 2.33. The Bertz CT molecular complexity index is 483. The Hall–Kier alpha value is -1.21. The van der Waals surface area contributed by atoms with Crippen molar-refractivity contribution in [2.45, 2.75) is 32.2 Å². The van der Waals surface area contributed by atoms with Gasteiger partial charge in [0.15, 0.2) is 0 Å². The second-order valence-corrected chi connectivity index (χ2v) is 6.56. The van der Waals surface area contributed by atoms with Gasteiger partial charge >= 0.3 is 0 Å². The van der Waals surface area contributed by atoms with Crippen molar-refractivity contribution >= 4 is 27.8 Å². The summed E-state index contributed by atoms with van der Waals surface area (Å²) in [6.45, 7) is 6.65. The Kier molecular flexibility index (Phi) is 5.16. The molecule has 7 heteroatoms. The first kappa shape index (κ1) is 16.2. The normalized spacial score (nSPS) is 18.5. The number of anilines is 1. The molecule has 1 aliphatic heterocycles. The van der Waals surface area contributed by atoms with Gasteiger partial charge < -0.3 is 15.5 Å². The van der Waals surface area contributed by atoms with E-state index in [-0.39, 0.29) is 5.91 Å². The number of hydrogen-bond acceptors (Lipinski definition) is 5. The lowest BCUT2D eigenvalue weighted by Gasteiger charge is -2.38. The molecule has 1 aliphatic rings. The van der Waals surface area contributed by atoms with Crippen molar-refractivity contribution in [3.8, 4) is 0 Å². The van der Waals surface area contributed by atoms with Crippen LogP contribution in [0.3, 0.4) is 0 Å². The van der Waals surface area contributed by atoms with E-state index in [4.69, 9.17) is 5.73 Å². The predicted octanol–water partition coefficient (Wildman–Crippen LogP) is 1.41. The van der Waals surface area contributed by atoms with Crippen molar-refractivity contribution < 1.29 is 4.79 Å². The minimum Gasteiger partial charge on any atom is -0.338 e. The molecule has 1 unspecified atom stereocenters. The molecule has 116 valence electrons. The average molecular weight is 356 g/mol. The number of amides is 1. The highest BCUT2D eigenvalue weighted by atomic mass is 79.9. The summed E-state index contributed by atoms with van der Waals surface area (Å²) in [6, 6.07) is 0. The third kappa shape index (κ3) is 3.91. The van der Waals surface area contributed by atoms with E-state index in [1.807, 2.05) is 18.7 Å². The molecule has 0 saturated carbocycles. The molecule has 0 spiro atoms. The summed E-state index contributed by atoms with van der Waals surface area (Å²) in [7, 11) is 0. The quantitative estimate of drug-likeness (QED) is 0.883. The zero-order valence-electron chi connectivity index (χ0n) is 12.5. The number of rotatable bonds is 4. The van der Waals surface area contributed by atoms with Gasteiger partial charge in [-0.15, -0.1) is 0 Å². The second-order valence-electron chi connectivity index (χ2n) is 5.65. The molecular weight excluding hydrogens is 334 g/mol. The van der Waals surface area contributed by atoms with Gasteiger partial charge in [-0.2, -0.15) is 0 Å². The van der Waals surface area contributed by atoms with Crippen LogP contribution in [-0.4, -0.2) is 52.5 Å². The molecule has 2 rings (SSSR count). The average Bonchev–Trinajstić information content (AvgIpc) is 2.47. The van der Waals surface area contributed by atoms with Crippen LogP contribution < -0.4 is 10.6 Å². The lowest BCUT2D eigenvalue weighted by Crippen LogP contribution is -2.58. The van der Waals surface area contributed by atoms with Crippen molar-refractivity contribution in [2.24, 2.45) is 5.73 Å². The summed E-state index contributed by atoms with van der Waals surface area (Å²) in [5.41, 5.74) is 5.37. The number of hydrogen-bond donors (Lipinski definition) is 1. The van der Waals surface area contributed by atoms with Crippen molar-refractivity contribution in [1.82, 2.24) is 14.9 Å². The number of aromatic nitrogens is 2. The molecule has 1 atom stereocenters. The van der Waals surface area contributed by atoms with Crippen LogP contribution >= 0.6 is 15.9 Å². The number of carbonyl (C=O) groups is 1. The lowest BCUT2D eigenvalue weighted by molar-refractivity contribution is -0.137. The molecule has 2 N–H and O–H groups in total. The first-order valence-electron chi connectivity index (χ1n) is 7.25. The summed E-state index contributed by atoms with van der Waals surface area (Å²) < 4.78 is 0.860. The zero-order valence-corrected chi connectivity index (χ0v) is 14.1. The van der Waals surface area contributed by atoms with E-state index in [1.165, 1.54) is 0 Å². The van der Waals surface area contributed by atoms with Crippen molar-refractivity contribution in [2.75, 3.05) is 31.1 Å². The molecule has 0 radical (unpaired) electrons. The Labute approximate surface area is 133 Å². The van der Waals surface area contributed by atoms with Gasteiger partial charge in [0, 0.05) is 38.6 Å². The smallest absolute Gasteiger partial charge is 0.242 e. The predicted molar refractivity (Wildman–Crippen MR) is 86.0 cm³/mol. The van der Waals surface area contributed by atoms with Gasteiger partial charge in [0.25, 0.3) is 0 Å². The molecule has 1 aromatic rings. The Morgan fingerprint density at radius 3 is 2.43 bits per heavy atom. The van der Waals surface area contributed by atoms with Gasteiger partial charge in [-0.05, 0) is 29.3 Å². The van der Waals surface area contributed by atoms with E-state index in [1.54, 1.807) is 12.4 Å². The van der Waals surface area contributed by atoms with E-state index < -0.39 is 5.54 Å². The first-order valence-corrected chi connectivity index (χ1v) is 8.04. The van der Waals surface area contributed by atoms with Gasteiger partial charge in [0.1, 0.15) is 0 Å². The van der Waals surface area contributed by atoms with Crippen LogP contribution in [0.25, 0.3) is 0 Å². The Morgan fingerprint density at radius 1 is 1.33 bits per heavy atom. The fourth-order valence-corrected chi connectivity index (χ4v) is 2.77. The number of halogens is 1. The molecule has 21 heavy (non-hydrogen) atoms. The van der Waals surface area contributed by atoms with E-state index in [0.29, 0.717) is 25.5 Å². The van der Waals surface area contributed by atoms with Gasteiger partial charge in [0.05, 0.1) is 10.0 Å². The molecule has 1 aromatic heterocycles. The van der Waals surface area contributed by atoms with Crippen LogP contribution in [0, 0.1) is 0 Å². The van der Waals surface area contributed by atoms with Gasteiger partial charge in [-0.3, -0.25) is 4.79 Å². The fourth-order valence-electron chi connectivity index (χ4n) is 2.57. The van der Waals surface area contributed by atoms with E-state index in [9.17, 15) is 4.79 Å². The molecule has 1 saturated heterocycles. The van der Waals surface area contributed by atoms with Crippen molar-refractivity contribution in [3.05, 3.63) is 16.9 Å². The minimum atomic E-state index is -0.759.